The van der Waals surface area contributed by atoms with Crippen LogP contribution >= 0.6 is 11.6 Å². The first-order valence-electron chi connectivity index (χ1n) is 5.93. The number of rotatable bonds is 2. The Kier molecular flexibility index (Phi) is 4.04. The largest absolute Gasteiger partial charge is 0.393 e. The molecule has 0 spiro atoms. The van der Waals surface area contributed by atoms with Crippen LogP contribution in [0.4, 0.5) is 5.82 Å². The van der Waals surface area contributed by atoms with E-state index < -0.39 is 0 Å². The summed E-state index contributed by atoms with van der Waals surface area (Å²) in [5.74, 6) is 0.434. The first-order chi connectivity index (χ1) is 8.61. The molecule has 1 fully saturated rings. The Labute approximate surface area is 111 Å². The molecule has 1 amide bonds. The molecular formula is C12H16ClN3O2. The van der Waals surface area contributed by atoms with Gasteiger partial charge in [0.15, 0.2) is 0 Å². The van der Waals surface area contributed by atoms with Crippen molar-refractivity contribution in [2.45, 2.75) is 18.9 Å². The number of pyridine rings is 1. The Bertz CT molecular complexity index is 445. The summed E-state index contributed by atoms with van der Waals surface area (Å²) in [5.41, 5.74) is 0.264. The molecule has 0 unspecified atom stereocenters. The Morgan fingerprint density at radius 1 is 1.50 bits per heavy atom. The van der Waals surface area contributed by atoms with E-state index in [9.17, 15) is 9.90 Å². The van der Waals surface area contributed by atoms with Crippen LogP contribution < -0.4 is 5.32 Å². The normalized spacial score (nSPS) is 16.7. The van der Waals surface area contributed by atoms with Crippen molar-refractivity contribution < 1.29 is 9.90 Å². The predicted molar refractivity (Wildman–Crippen MR) is 69.9 cm³/mol. The highest BCUT2D eigenvalue weighted by atomic mass is 35.5. The Morgan fingerprint density at radius 2 is 2.17 bits per heavy atom. The number of hydrogen-bond donors (Lipinski definition) is 2. The molecule has 2 heterocycles. The zero-order valence-corrected chi connectivity index (χ0v) is 10.9. The molecule has 0 radical (unpaired) electrons. The average Bonchev–Trinajstić information content (AvgIpc) is 2.39. The molecule has 0 saturated carbocycles. The summed E-state index contributed by atoms with van der Waals surface area (Å²) in [5, 5.41) is 12.7. The predicted octanol–water partition coefficient (Wildman–Crippen LogP) is 1.37. The number of piperidine rings is 1. The lowest BCUT2D eigenvalue weighted by Gasteiger charge is -2.29. The minimum atomic E-state index is -0.305. The first-order valence-corrected chi connectivity index (χ1v) is 6.31. The van der Waals surface area contributed by atoms with E-state index in [0.717, 1.165) is 0 Å². The van der Waals surface area contributed by atoms with Crippen molar-refractivity contribution in [1.29, 1.82) is 0 Å². The van der Waals surface area contributed by atoms with Crippen molar-refractivity contribution in [2.24, 2.45) is 0 Å². The first kappa shape index (κ1) is 13.1. The zero-order valence-electron chi connectivity index (χ0n) is 10.2. The van der Waals surface area contributed by atoms with Crippen LogP contribution in [0.15, 0.2) is 12.1 Å². The van der Waals surface area contributed by atoms with Crippen LogP contribution in [0, 0.1) is 0 Å². The maximum atomic E-state index is 12.3. The summed E-state index contributed by atoms with van der Waals surface area (Å²) in [6.45, 7) is 1.09. The van der Waals surface area contributed by atoms with E-state index in [1.165, 1.54) is 0 Å². The number of halogens is 1. The fraction of sp³-hybridized carbons (Fsp3) is 0.500. The highest BCUT2D eigenvalue weighted by Gasteiger charge is 2.24. The van der Waals surface area contributed by atoms with Crippen molar-refractivity contribution >= 4 is 23.3 Å². The van der Waals surface area contributed by atoms with E-state index in [1.807, 2.05) is 0 Å². The average molecular weight is 270 g/mol. The molecule has 0 aromatic carbocycles. The van der Waals surface area contributed by atoms with Gasteiger partial charge >= 0.3 is 0 Å². The lowest BCUT2D eigenvalue weighted by Crippen LogP contribution is -2.40. The van der Waals surface area contributed by atoms with Gasteiger partial charge in [-0.1, -0.05) is 11.6 Å². The van der Waals surface area contributed by atoms with Gasteiger partial charge in [0.05, 0.1) is 11.1 Å². The van der Waals surface area contributed by atoms with E-state index >= 15 is 0 Å². The van der Waals surface area contributed by atoms with Crippen LogP contribution in [0.3, 0.4) is 0 Å². The molecule has 2 N–H and O–H groups in total. The molecule has 0 bridgehead atoms. The molecule has 2 rings (SSSR count). The molecule has 1 aromatic rings. The third-order valence-electron chi connectivity index (χ3n) is 3.06. The number of nitrogens with one attached hydrogen (secondary N) is 1. The Morgan fingerprint density at radius 3 is 2.78 bits per heavy atom. The second-order valence-corrected chi connectivity index (χ2v) is 4.71. The number of aromatic nitrogens is 1. The Hall–Kier alpha value is -1.33. The summed E-state index contributed by atoms with van der Waals surface area (Å²) < 4.78 is 0. The third-order valence-corrected chi connectivity index (χ3v) is 3.36. The van der Waals surface area contributed by atoms with Crippen LogP contribution in [-0.2, 0) is 0 Å². The molecular weight excluding hydrogens is 254 g/mol. The van der Waals surface area contributed by atoms with E-state index in [1.54, 1.807) is 24.1 Å². The van der Waals surface area contributed by atoms with Crippen LogP contribution in [0.25, 0.3) is 0 Å². The van der Waals surface area contributed by atoms with Gasteiger partial charge in [0.2, 0.25) is 0 Å². The molecule has 6 heteroatoms. The number of hydrogen-bond acceptors (Lipinski definition) is 4. The number of amides is 1. The van der Waals surface area contributed by atoms with Crippen molar-refractivity contribution in [3.63, 3.8) is 0 Å². The summed E-state index contributed by atoms with van der Waals surface area (Å²) >= 11 is 6.01. The highest BCUT2D eigenvalue weighted by Crippen LogP contribution is 2.20. The molecule has 1 saturated heterocycles. The SMILES string of the molecule is CNc1ccc(Cl)c(C(=O)N2CCC(O)CC2)n1. The van der Waals surface area contributed by atoms with Gasteiger partial charge in [-0.05, 0) is 25.0 Å². The van der Waals surface area contributed by atoms with Gasteiger partial charge in [-0.2, -0.15) is 0 Å². The number of anilines is 1. The van der Waals surface area contributed by atoms with Gasteiger partial charge in [0, 0.05) is 20.1 Å². The molecule has 1 aliphatic rings. The second kappa shape index (κ2) is 5.54. The monoisotopic (exact) mass is 269 g/mol. The number of aliphatic hydroxyl groups excluding tert-OH is 1. The molecule has 18 heavy (non-hydrogen) atoms. The van der Waals surface area contributed by atoms with Gasteiger partial charge in [0.25, 0.3) is 5.91 Å². The van der Waals surface area contributed by atoms with Gasteiger partial charge in [-0.3, -0.25) is 4.79 Å². The minimum absolute atomic E-state index is 0.177. The number of likely N-dealkylation sites (tertiary alicyclic amines) is 1. The number of carbonyl (C=O) groups excluding carboxylic acids is 1. The quantitative estimate of drug-likeness (QED) is 0.851. The summed E-state index contributed by atoms with van der Waals surface area (Å²) in [6.07, 6.45) is 0.908. The smallest absolute Gasteiger partial charge is 0.274 e. The van der Waals surface area contributed by atoms with Crippen molar-refractivity contribution in [3.8, 4) is 0 Å². The number of aliphatic hydroxyl groups is 1. The molecule has 0 atom stereocenters. The number of nitrogens with zero attached hydrogens (tertiary/aromatic N) is 2. The molecule has 1 aromatic heterocycles. The summed E-state index contributed by atoms with van der Waals surface area (Å²) in [6, 6.07) is 3.38. The van der Waals surface area contributed by atoms with Crippen molar-refractivity contribution in [2.75, 3.05) is 25.5 Å². The summed E-state index contributed by atoms with van der Waals surface area (Å²) in [7, 11) is 1.74. The fourth-order valence-corrected chi connectivity index (χ4v) is 2.14. The van der Waals surface area contributed by atoms with Gasteiger partial charge in [0.1, 0.15) is 11.5 Å². The zero-order chi connectivity index (χ0) is 13.1. The van der Waals surface area contributed by atoms with Crippen LogP contribution in [-0.4, -0.2) is 47.1 Å². The van der Waals surface area contributed by atoms with Gasteiger partial charge in [-0.25, -0.2) is 4.98 Å². The third kappa shape index (κ3) is 2.73. The van der Waals surface area contributed by atoms with Gasteiger partial charge < -0.3 is 15.3 Å². The van der Waals surface area contributed by atoms with E-state index in [2.05, 4.69) is 10.3 Å². The fourth-order valence-electron chi connectivity index (χ4n) is 1.95. The second-order valence-electron chi connectivity index (χ2n) is 4.30. The molecule has 5 nitrogen and oxygen atoms in total. The molecule has 0 aliphatic carbocycles. The van der Waals surface area contributed by atoms with Crippen molar-refractivity contribution in [3.05, 3.63) is 22.8 Å². The Balaban J connectivity index is 2.17. The molecule has 1 aliphatic heterocycles. The van der Waals surface area contributed by atoms with Crippen molar-refractivity contribution in [1.82, 2.24) is 9.88 Å². The minimum Gasteiger partial charge on any atom is -0.393 e. The van der Waals surface area contributed by atoms with Gasteiger partial charge in [-0.15, -0.1) is 0 Å². The van der Waals surface area contributed by atoms with Crippen LogP contribution in [0.5, 0.6) is 0 Å². The number of carbonyl (C=O) groups is 1. The standard InChI is InChI=1S/C12H16ClN3O2/c1-14-10-3-2-9(13)11(15-10)12(18)16-6-4-8(17)5-7-16/h2-3,8,17H,4-7H2,1H3,(H,14,15). The van der Waals surface area contributed by atoms with Crippen LogP contribution in [0.1, 0.15) is 23.3 Å². The molecule has 98 valence electrons. The maximum Gasteiger partial charge on any atom is 0.274 e. The topological polar surface area (TPSA) is 65.5 Å². The lowest BCUT2D eigenvalue weighted by molar-refractivity contribution is 0.0542. The maximum absolute atomic E-state index is 12.3. The van der Waals surface area contributed by atoms with E-state index in [0.29, 0.717) is 36.8 Å². The highest BCUT2D eigenvalue weighted by molar-refractivity contribution is 6.33. The summed E-state index contributed by atoms with van der Waals surface area (Å²) in [4.78, 5) is 18.1. The van der Waals surface area contributed by atoms with Crippen LogP contribution in [0.2, 0.25) is 5.02 Å². The van der Waals surface area contributed by atoms with E-state index in [-0.39, 0.29) is 17.7 Å². The lowest BCUT2D eigenvalue weighted by atomic mass is 10.1. The van der Waals surface area contributed by atoms with E-state index in [4.69, 9.17) is 11.6 Å².